The number of hydrogen-bond acceptors (Lipinski definition) is 8. The lowest BCUT2D eigenvalue weighted by Crippen LogP contribution is -2.38. The average molecular weight is 521 g/mol. The Labute approximate surface area is 207 Å². The Bertz CT molecular complexity index is 1420. The molecule has 2 aromatic heterocycles. The second-order valence-electron chi connectivity index (χ2n) is 8.55. The van der Waals surface area contributed by atoms with Crippen molar-refractivity contribution in [2.24, 2.45) is 5.92 Å². The van der Waals surface area contributed by atoms with E-state index in [2.05, 4.69) is 17.2 Å². The van der Waals surface area contributed by atoms with E-state index in [-0.39, 0.29) is 16.8 Å². The largest absolute Gasteiger partial charge is 0.497 e. The van der Waals surface area contributed by atoms with Gasteiger partial charge in [0, 0.05) is 24.0 Å². The minimum absolute atomic E-state index is 0.00576. The number of aromatic nitrogens is 2. The fraction of sp³-hybridized carbons (Fsp3) is 0.435. The van der Waals surface area contributed by atoms with E-state index in [1.165, 1.54) is 24.9 Å². The molecule has 0 radical (unpaired) electrons. The fourth-order valence-corrected chi connectivity index (χ4v) is 7.28. The van der Waals surface area contributed by atoms with Gasteiger partial charge in [-0.05, 0) is 37.8 Å². The minimum atomic E-state index is -3.87. The van der Waals surface area contributed by atoms with Crippen molar-refractivity contribution in [1.29, 1.82) is 0 Å². The molecule has 1 aromatic carbocycles. The van der Waals surface area contributed by atoms with Gasteiger partial charge in [0.1, 0.15) is 27.8 Å². The summed E-state index contributed by atoms with van der Waals surface area (Å²) in [5.74, 6) is 0.915. The zero-order valence-electron chi connectivity index (χ0n) is 20.0. The highest BCUT2D eigenvalue weighted by atomic mass is 32.2. The molecule has 10 nitrogen and oxygen atoms in total. The van der Waals surface area contributed by atoms with E-state index in [0.29, 0.717) is 45.9 Å². The number of fused-ring (bicyclic) bond motifs is 1. The number of thiophene rings is 1. The topological polar surface area (TPSA) is 120 Å². The number of anilines is 1. The van der Waals surface area contributed by atoms with Gasteiger partial charge < -0.3 is 14.8 Å². The van der Waals surface area contributed by atoms with Crippen LogP contribution in [0.5, 0.6) is 11.5 Å². The monoisotopic (exact) mass is 520 g/mol. The van der Waals surface area contributed by atoms with Crippen molar-refractivity contribution in [1.82, 2.24) is 13.9 Å². The lowest BCUT2D eigenvalue weighted by Gasteiger charge is -2.29. The molecule has 0 spiro atoms. The summed E-state index contributed by atoms with van der Waals surface area (Å²) in [5.41, 5.74) is -0.191. The first kappa shape index (κ1) is 25.1. The van der Waals surface area contributed by atoms with Crippen LogP contribution in [0.3, 0.4) is 0 Å². The predicted octanol–water partition coefficient (Wildman–Crippen LogP) is 2.84. The molecule has 35 heavy (non-hydrogen) atoms. The number of nitrogens with zero attached hydrogens (tertiary/aromatic N) is 3. The first-order valence-electron chi connectivity index (χ1n) is 11.2. The maximum absolute atomic E-state index is 13.5. The van der Waals surface area contributed by atoms with Gasteiger partial charge in [0.15, 0.2) is 0 Å². The number of benzene rings is 1. The maximum atomic E-state index is 13.5. The van der Waals surface area contributed by atoms with Crippen molar-refractivity contribution in [3.8, 4) is 11.5 Å². The molecular formula is C23H28N4O6S2. The summed E-state index contributed by atoms with van der Waals surface area (Å²) in [7, 11) is -0.890. The molecule has 1 aliphatic heterocycles. The van der Waals surface area contributed by atoms with Crippen LogP contribution in [0.25, 0.3) is 10.2 Å². The van der Waals surface area contributed by atoms with E-state index in [0.717, 1.165) is 28.7 Å². The van der Waals surface area contributed by atoms with Crippen LogP contribution in [-0.2, 0) is 21.4 Å². The molecule has 1 saturated heterocycles. The van der Waals surface area contributed by atoms with E-state index >= 15 is 0 Å². The molecule has 1 fully saturated rings. The molecule has 1 amide bonds. The zero-order valence-corrected chi connectivity index (χ0v) is 21.7. The Morgan fingerprint density at radius 1 is 1.23 bits per heavy atom. The number of carbonyl (C=O) groups is 1. The second kappa shape index (κ2) is 9.96. The van der Waals surface area contributed by atoms with Gasteiger partial charge in [-0.3, -0.25) is 14.2 Å². The quantitative estimate of drug-likeness (QED) is 0.509. The number of rotatable bonds is 7. The summed E-state index contributed by atoms with van der Waals surface area (Å²) in [6.45, 7) is 4.26. The van der Waals surface area contributed by atoms with Gasteiger partial charge in [-0.25, -0.2) is 13.4 Å². The molecule has 0 atom stereocenters. The van der Waals surface area contributed by atoms with Crippen LogP contribution in [-0.4, -0.2) is 55.5 Å². The SMILES string of the molecule is COc1ccc(OC)c(NC(=O)Cn2cnc3sc(C)c(S(=O)(=O)N4CCC(C)CC4)c3c2=O)c1. The third-order valence-electron chi connectivity index (χ3n) is 6.13. The molecule has 12 heteroatoms. The first-order valence-corrected chi connectivity index (χ1v) is 13.4. The third kappa shape index (κ3) is 4.91. The van der Waals surface area contributed by atoms with Crippen LogP contribution < -0.4 is 20.3 Å². The molecule has 0 aliphatic carbocycles. The Kier molecular flexibility index (Phi) is 7.15. The summed E-state index contributed by atoms with van der Waals surface area (Å²) >= 11 is 1.16. The molecule has 0 bridgehead atoms. The summed E-state index contributed by atoms with van der Waals surface area (Å²) in [5, 5.41) is 2.74. The highest BCUT2D eigenvalue weighted by Gasteiger charge is 2.33. The highest BCUT2D eigenvalue weighted by molar-refractivity contribution is 7.89. The number of hydrogen-bond donors (Lipinski definition) is 1. The van der Waals surface area contributed by atoms with E-state index in [4.69, 9.17) is 9.47 Å². The van der Waals surface area contributed by atoms with Crippen LogP contribution in [0.1, 0.15) is 24.6 Å². The van der Waals surface area contributed by atoms with Crippen molar-refractivity contribution in [2.75, 3.05) is 32.6 Å². The van der Waals surface area contributed by atoms with Gasteiger partial charge in [-0.15, -0.1) is 11.3 Å². The zero-order chi connectivity index (χ0) is 25.3. The van der Waals surface area contributed by atoms with Crippen molar-refractivity contribution < 1.29 is 22.7 Å². The van der Waals surface area contributed by atoms with Gasteiger partial charge >= 0.3 is 0 Å². The Balaban J connectivity index is 1.66. The number of ether oxygens (including phenoxy) is 2. The number of sulfonamides is 1. The first-order chi connectivity index (χ1) is 16.6. The van der Waals surface area contributed by atoms with Crippen molar-refractivity contribution >= 4 is 43.2 Å². The molecule has 0 unspecified atom stereocenters. The molecule has 1 aliphatic rings. The Morgan fingerprint density at radius 2 is 1.94 bits per heavy atom. The molecule has 4 rings (SSSR count). The van der Waals surface area contributed by atoms with Crippen molar-refractivity contribution in [2.45, 2.75) is 38.1 Å². The number of aryl methyl sites for hydroxylation is 1. The number of carbonyl (C=O) groups excluding carboxylic acids is 1. The lowest BCUT2D eigenvalue weighted by atomic mass is 10.0. The van der Waals surface area contributed by atoms with Crippen molar-refractivity contribution in [3.63, 3.8) is 0 Å². The van der Waals surface area contributed by atoms with Gasteiger partial charge in [0.25, 0.3) is 5.56 Å². The summed E-state index contributed by atoms with van der Waals surface area (Å²) < 4.78 is 40.0. The molecule has 3 heterocycles. The van der Waals surface area contributed by atoms with Gasteiger partial charge in [-0.1, -0.05) is 6.92 Å². The Morgan fingerprint density at radius 3 is 2.60 bits per heavy atom. The van der Waals surface area contributed by atoms with Crippen LogP contribution in [0.15, 0.2) is 34.2 Å². The smallest absolute Gasteiger partial charge is 0.263 e. The van der Waals surface area contributed by atoms with Gasteiger partial charge in [0.2, 0.25) is 15.9 Å². The van der Waals surface area contributed by atoms with Crippen LogP contribution in [0.4, 0.5) is 5.69 Å². The number of methoxy groups -OCH3 is 2. The number of nitrogens with one attached hydrogen (secondary N) is 1. The molecule has 0 saturated carbocycles. The molecule has 188 valence electrons. The van der Waals surface area contributed by atoms with Crippen LogP contribution in [0.2, 0.25) is 0 Å². The van der Waals surface area contributed by atoms with Crippen LogP contribution >= 0.6 is 11.3 Å². The fourth-order valence-electron chi connectivity index (χ4n) is 4.15. The predicted molar refractivity (Wildman–Crippen MR) is 134 cm³/mol. The Hall–Kier alpha value is -2.96. The van der Waals surface area contributed by atoms with Gasteiger partial charge in [0.05, 0.1) is 31.6 Å². The van der Waals surface area contributed by atoms with Gasteiger partial charge in [-0.2, -0.15) is 4.31 Å². The van der Waals surface area contributed by atoms with Crippen molar-refractivity contribution in [3.05, 3.63) is 39.8 Å². The molecule has 3 aromatic rings. The minimum Gasteiger partial charge on any atom is -0.497 e. The summed E-state index contributed by atoms with van der Waals surface area (Å²) in [6, 6.07) is 4.95. The highest BCUT2D eigenvalue weighted by Crippen LogP contribution is 2.34. The average Bonchev–Trinajstić information content (AvgIpc) is 3.18. The van der Waals surface area contributed by atoms with E-state index in [1.807, 2.05) is 0 Å². The summed E-state index contributed by atoms with van der Waals surface area (Å²) in [4.78, 5) is 31.3. The maximum Gasteiger partial charge on any atom is 0.263 e. The molecule has 1 N–H and O–H groups in total. The van der Waals surface area contributed by atoms with Crippen LogP contribution in [0, 0.1) is 12.8 Å². The number of piperidine rings is 1. The van der Waals surface area contributed by atoms with E-state index in [1.54, 1.807) is 25.1 Å². The lowest BCUT2D eigenvalue weighted by molar-refractivity contribution is -0.116. The number of amides is 1. The normalized spacial score (nSPS) is 15.3. The van der Waals surface area contributed by atoms with E-state index < -0.39 is 21.5 Å². The second-order valence-corrected chi connectivity index (χ2v) is 11.6. The standard InChI is InChI=1S/C23H28N4O6S2/c1-14-7-9-27(10-8-14)35(30,31)21-15(2)34-22-20(21)23(29)26(13-24-22)12-19(28)25-17-11-16(32-3)5-6-18(17)33-4/h5-6,11,13-14H,7-10,12H2,1-4H3,(H,25,28). The summed E-state index contributed by atoms with van der Waals surface area (Å²) in [6.07, 6.45) is 2.81. The van der Waals surface area contributed by atoms with E-state index in [9.17, 15) is 18.0 Å². The molecular weight excluding hydrogens is 492 g/mol. The third-order valence-corrected chi connectivity index (χ3v) is 9.35.